The van der Waals surface area contributed by atoms with Crippen LogP contribution >= 0.6 is 11.8 Å². The summed E-state index contributed by atoms with van der Waals surface area (Å²) in [4.78, 5) is 32.1. The smallest absolute Gasteiger partial charge is 0.244 e. The molecule has 1 atom stereocenters. The van der Waals surface area contributed by atoms with Crippen molar-refractivity contribution in [2.24, 2.45) is 0 Å². The molecule has 4 rings (SSSR count). The summed E-state index contributed by atoms with van der Waals surface area (Å²) in [6, 6.07) is 26.6. The second-order valence-electron chi connectivity index (χ2n) is 6.84. The van der Waals surface area contributed by atoms with Crippen molar-refractivity contribution in [1.82, 2.24) is 9.55 Å². The quantitative estimate of drug-likeness (QED) is 0.402. The van der Waals surface area contributed by atoms with Crippen LogP contribution < -0.4 is 4.90 Å². The maximum Gasteiger partial charge on any atom is 0.244 e. The Morgan fingerprint density at radius 1 is 0.867 bits per heavy atom. The Kier molecular flexibility index (Phi) is 5.68. The molecule has 0 fully saturated rings. The Hall–Kier alpha value is -3.38. The molecule has 0 spiro atoms. The van der Waals surface area contributed by atoms with Gasteiger partial charge in [-0.15, -0.1) is 0 Å². The van der Waals surface area contributed by atoms with Gasteiger partial charge in [-0.2, -0.15) is 0 Å². The maximum absolute atomic E-state index is 13.5. The van der Waals surface area contributed by atoms with Gasteiger partial charge in [-0.3, -0.25) is 19.1 Å². The summed E-state index contributed by atoms with van der Waals surface area (Å²) < 4.78 is 1.57. The normalized spacial score (nSPS) is 11.9. The number of aromatic nitrogens is 2. The number of carbonyl (C=O) groups excluding carboxylic acids is 2. The van der Waals surface area contributed by atoms with Gasteiger partial charge in [0, 0.05) is 18.3 Å². The number of rotatable bonds is 5. The minimum atomic E-state index is -0.458. The van der Waals surface area contributed by atoms with Crippen LogP contribution in [0.3, 0.4) is 0 Å². The molecular weight excluding hydrogens is 394 g/mol. The average Bonchev–Trinajstić information content (AvgIpc) is 3.13. The molecule has 1 aromatic heterocycles. The molecule has 0 N–H and O–H groups in total. The Morgan fingerprint density at radius 3 is 1.97 bits per heavy atom. The average molecular weight is 416 g/mol. The summed E-state index contributed by atoms with van der Waals surface area (Å²) in [6.07, 6.45) is 0. The van der Waals surface area contributed by atoms with Crippen molar-refractivity contribution < 1.29 is 9.59 Å². The van der Waals surface area contributed by atoms with Crippen LogP contribution in [-0.2, 0) is 4.79 Å². The number of carbonyl (C=O) groups is 2. The molecule has 5 nitrogen and oxygen atoms in total. The molecule has 0 aliphatic heterocycles. The number of benzene rings is 3. The van der Waals surface area contributed by atoms with E-state index in [-0.39, 0.29) is 11.8 Å². The number of para-hydroxylation sites is 4. The summed E-state index contributed by atoms with van der Waals surface area (Å²) in [7, 11) is 0. The fraction of sp³-hybridized carbons (Fsp3) is 0.125. The molecule has 0 saturated heterocycles. The van der Waals surface area contributed by atoms with Crippen LogP contribution in [0.1, 0.15) is 18.6 Å². The van der Waals surface area contributed by atoms with Crippen molar-refractivity contribution in [2.45, 2.75) is 24.3 Å². The maximum atomic E-state index is 13.5. The first-order valence-electron chi connectivity index (χ1n) is 9.65. The zero-order valence-electron chi connectivity index (χ0n) is 16.7. The summed E-state index contributed by atoms with van der Waals surface area (Å²) >= 11 is 1.29. The number of hydrogen-bond donors (Lipinski definition) is 0. The fourth-order valence-electron chi connectivity index (χ4n) is 3.34. The van der Waals surface area contributed by atoms with Gasteiger partial charge in [0.05, 0.1) is 16.3 Å². The van der Waals surface area contributed by atoms with Crippen molar-refractivity contribution in [1.29, 1.82) is 0 Å². The summed E-state index contributed by atoms with van der Waals surface area (Å²) in [5.74, 6) is -0.214. The molecule has 0 aliphatic carbocycles. The monoisotopic (exact) mass is 415 g/mol. The third-order valence-electron chi connectivity index (χ3n) is 4.72. The first-order valence-corrected chi connectivity index (χ1v) is 10.5. The molecule has 1 heterocycles. The zero-order valence-corrected chi connectivity index (χ0v) is 17.5. The highest BCUT2D eigenvalue weighted by Gasteiger charge is 2.27. The SMILES string of the molecule is CC(=O)n1c(S[C@H](C)C(=O)N(c2ccccc2)c2ccccc2)nc2ccccc21. The van der Waals surface area contributed by atoms with Gasteiger partial charge in [-0.05, 0) is 43.3 Å². The number of fused-ring (bicyclic) bond motifs is 1. The third kappa shape index (κ3) is 3.86. The van der Waals surface area contributed by atoms with E-state index in [4.69, 9.17) is 0 Å². The number of nitrogens with zero attached hydrogens (tertiary/aromatic N) is 3. The lowest BCUT2D eigenvalue weighted by atomic mass is 10.2. The van der Waals surface area contributed by atoms with Crippen molar-refractivity contribution in [3.63, 3.8) is 0 Å². The lowest BCUT2D eigenvalue weighted by Gasteiger charge is -2.25. The Labute approximate surface area is 179 Å². The van der Waals surface area contributed by atoms with Crippen LogP contribution in [0.2, 0.25) is 0 Å². The summed E-state index contributed by atoms with van der Waals surface area (Å²) in [6.45, 7) is 3.35. The van der Waals surface area contributed by atoms with E-state index in [1.807, 2.05) is 91.9 Å². The van der Waals surface area contributed by atoms with E-state index in [9.17, 15) is 9.59 Å². The van der Waals surface area contributed by atoms with Gasteiger partial charge in [0.15, 0.2) is 5.16 Å². The molecule has 0 radical (unpaired) electrons. The number of amides is 1. The number of thioether (sulfide) groups is 1. The van der Waals surface area contributed by atoms with E-state index in [1.54, 1.807) is 9.47 Å². The molecule has 0 saturated carbocycles. The minimum Gasteiger partial charge on any atom is -0.280 e. The summed E-state index contributed by atoms with van der Waals surface area (Å²) in [5.41, 5.74) is 3.07. The molecule has 4 aromatic rings. The molecule has 1 amide bonds. The number of imidazole rings is 1. The van der Waals surface area contributed by atoms with Crippen molar-refractivity contribution >= 4 is 46.0 Å². The van der Waals surface area contributed by atoms with E-state index < -0.39 is 5.25 Å². The second-order valence-corrected chi connectivity index (χ2v) is 8.15. The molecule has 6 heteroatoms. The standard InChI is InChI=1S/C24H21N3O2S/c1-17(30-24-25-21-15-9-10-16-22(21)26(24)18(2)28)23(29)27(19-11-5-3-6-12-19)20-13-7-4-8-14-20/h3-17H,1-2H3/t17-/m1/s1. The molecule has 0 bridgehead atoms. The van der Waals surface area contributed by atoms with Crippen LogP contribution in [-0.4, -0.2) is 26.6 Å². The van der Waals surface area contributed by atoms with E-state index in [2.05, 4.69) is 4.98 Å². The molecular formula is C24H21N3O2S. The van der Waals surface area contributed by atoms with Crippen LogP contribution in [0, 0.1) is 0 Å². The zero-order chi connectivity index (χ0) is 21.1. The van der Waals surface area contributed by atoms with E-state index in [0.29, 0.717) is 5.16 Å². The van der Waals surface area contributed by atoms with E-state index in [1.165, 1.54) is 18.7 Å². The third-order valence-corrected chi connectivity index (χ3v) is 5.76. The van der Waals surface area contributed by atoms with E-state index >= 15 is 0 Å². The number of anilines is 2. The number of hydrogen-bond acceptors (Lipinski definition) is 4. The van der Waals surface area contributed by atoms with Crippen molar-refractivity contribution in [3.8, 4) is 0 Å². The predicted octanol–water partition coefficient (Wildman–Crippen LogP) is 5.54. The molecule has 150 valence electrons. The first kappa shape index (κ1) is 19.9. The van der Waals surface area contributed by atoms with E-state index in [0.717, 1.165) is 22.4 Å². The predicted molar refractivity (Wildman–Crippen MR) is 121 cm³/mol. The van der Waals surface area contributed by atoms with Crippen LogP contribution in [0.15, 0.2) is 90.1 Å². The molecule has 0 unspecified atom stereocenters. The highest BCUT2D eigenvalue weighted by atomic mass is 32.2. The van der Waals surface area contributed by atoms with Gasteiger partial charge in [-0.1, -0.05) is 60.3 Å². The van der Waals surface area contributed by atoms with Crippen LogP contribution in [0.5, 0.6) is 0 Å². The largest absolute Gasteiger partial charge is 0.280 e. The molecule has 0 aliphatic rings. The van der Waals surface area contributed by atoms with Gasteiger partial charge < -0.3 is 0 Å². The van der Waals surface area contributed by atoms with Crippen molar-refractivity contribution in [3.05, 3.63) is 84.9 Å². The van der Waals surface area contributed by atoms with Gasteiger partial charge in [0.1, 0.15) is 0 Å². The first-order chi connectivity index (χ1) is 14.6. The van der Waals surface area contributed by atoms with Crippen LogP contribution in [0.4, 0.5) is 11.4 Å². The molecule has 3 aromatic carbocycles. The van der Waals surface area contributed by atoms with Crippen LogP contribution in [0.25, 0.3) is 11.0 Å². The molecule has 30 heavy (non-hydrogen) atoms. The Balaban J connectivity index is 1.69. The lowest BCUT2D eigenvalue weighted by Crippen LogP contribution is -2.33. The summed E-state index contributed by atoms with van der Waals surface area (Å²) in [5, 5.41) is 0.0611. The fourth-order valence-corrected chi connectivity index (χ4v) is 4.34. The Morgan fingerprint density at radius 2 is 1.40 bits per heavy atom. The minimum absolute atomic E-state index is 0.0837. The van der Waals surface area contributed by atoms with Gasteiger partial charge in [0.25, 0.3) is 0 Å². The highest BCUT2D eigenvalue weighted by Crippen LogP contribution is 2.32. The van der Waals surface area contributed by atoms with Gasteiger partial charge >= 0.3 is 0 Å². The lowest BCUT2D eigenvalue weighted by molar-refractivity contribution is -0.117. The Bertz CT molecular complexity index is 1150. The van der Waals surface area contributed by atoms with Crippen molar-refractivity contribution in [2.75, 3.05) is 4.90 Å². The van der Waals surface area contributed by atoms with Gasteiger partial charge in [0.2, 0.25) is 11.8 Å². The highest BCUT2D eigenvalue weighted by molar-refractivity contribution is 8.00. The second kappa shape index (κ2) is 8.55. The topological polar surface area (TPSA) is 55.2 Å². The van der Waals surface area contributed by atoms with Gasteiger partial charge in [-0.25, -0.2) is 4.98 Å².